The first-order valence-corrected chi connectivity index (χ1v) is 8.04. The third-order valence-electron chi connectivity index (χ3n) is 3.30. The van der Waals surface area contributed by atoms with E-state index in [1.807, 2.05) is 42.5 Å². The van der Waals surface area contributed by atoms with E-state index in [0.29, 0.717) is 11.8 Å². The number of rotatable bonds is 5. The highest BCUT2D eigenvalue weighted by atomic mass is 79.9. The lowest BCUT2D eigenvalue weighted by Gasteiger charge is -2.15. The monoisotopic (exact) mass is 369 g/mol. The van der Waals surface area contributed by atoms with Crippen LogP contribution in [0.25, 0.3) is 0 Å². The molecule has 2 N–H and O–H groups in total. The molecule has 2 aromatic carbocycles. The second-order valence-corrected chi connectivity index (χ2v) is 5.99. The summed E-state index contributed by atoms with van der Waals surface area (Å²) in [5.74, 6) is 1.13. The molecule has 5 nitrogen and oxygen atoms in total. The number of nitrogens with one attached hydrogen (secondary N) is 2. The number of nitrogens with zero attached hydrogens (tertiary/aromatic N) is 3. The zero-order valence-electron chi connectivity index (χ0n) is 12.6. The summed E-state index contributed by atoms with van der Waals surface area (Å²) in [6, 6.07) is 18.1. The molecule has 23 heavy (non-hydrogen) atoms. The summed E-state index contributed by atoms with van der Waals surface area (Å²) < 4.78 is 0.988. The summed E-state index contributed by atoms with van der Waals surface area (Å²) >= 11 is 3.44. The molecule has 6 heteroatoms. The predicted octanol–water partition coefficient (Wildman–Crippen LogP) is 4.55. The second-order valence-electron chi connectivity index (χ2n) is 5.08. The fourth-order valence-corrected chi connectivity index (χ4v) is 2.57. The Labute approximate surface area is 143 Å². The lowest BCUT2D eigenvalue weighted by atomic mass is 10.1. The third kappa shape index (κ3) is 4.26. The minimum atomic E-state index is 0.131. The standard InChI is InChI=1S/C17H16BrN5/c1-12(13-6-3-2-4-7-13)20-16-11-19-23-17(22-16)21-15-9-5-8-14(18)10-15/h2-12H,1H3,(H2,20,21,22,23). The third-order valence-corrected chi connectivity index (χ3v) is 3.80. The van der Waals surface area contributed by atoms with Crippen LogP contribution in [-0.2, 0) is 0 Å². The van der Waals surface area contributed by atoms with Crippen molar-refractivity contribution in [2.45, 2.75) is 13.0 Å². The summed E-state index contributed by atoms with van der Waals surface area (Å²) in [6.45, 7) is 2.08. The molecule has 0 aliphatic rings. The van der Waals surface area contributed by atoms with Gasteiger partial charge in [0.2, 0.25) is 5.95 Å². The van der Waals surface area contributed by atoms with Crippen LogP contribution in [0.2, 0.25) is 0 Å². The summed E-state index contributed by atoms with van der Waals surface area (Å²) in [5.41, 5.74) is 2.09. The van der Waals surface area contributed by atoms with E-state index in [4.69, 9.17) is 0 Å². The Kier molecular flexibility index (Phi) is 4.83. The summed E-state index contributed by atoms with van der Waals surface area (Å²) in [4.78, 5) is 4.45. The molecule has 3 rings (SSSR count). The molecular weight excluding hydrogens is 354 g/mol. The van der Waals surface area contributed by atoms with Crippen LogP contribution in [0.1, 0.15) is 18.5 Å². The van der Waals surface area contributed by atoms with Crippen LogP contribution in [0.3, 0.4) is 0 Å². The number of halogens is 1. The van der Waals surface area contributed by atoms with Gasteiger partial charge in [0.05, 0.1) is 6.20 Å². The molecule has 1 unspecified atom stereocenters. The van der Waals surface area contributed by atoms with Crippen molar-refractivity contribution in [3.8, 4) is 0 Å². The maximum Gasteiger partial charge on any atom is 0.249 e. The van der Waals surface area contributed by atoms with E-state index in [9.17, 15) is 0 Å². The molecule has 0 saturated carbocycles. The average Bonchev–Trinajstić information content (AvgIpc) is 2.56. The molecule has 116 valence electrons. The normalized spacial score (nSPS) is 11.7. The maximum atomic E-state index is 4.45. The van der Waals surface area contributed by atoms with Gasteiger partial charge in [-0.2, -0.15) is 10.1 Å². The minimum absolute atomic E-state index is 0.131. The maximum absolute atomic E-state index is 4.45. The Bertz CT molecular complexity index is 779. The zero-order chi connectivity index (χ0) is 16.1. The van der Waals surface area contributed by atoms with Gasteiger partial charge in [-0.1, -0.05) is 52.3 Å². The lowest BCUT2D eigenvalue weighted by molar-refractivity contribution is 0.861. The smallest absolute Gasteiger partial charge is 0.249 e. The lowest BCUT2D eigenvalue weighted by Crippen LogP contribution is -2.09. The Balaban J connectivity index is 1.72. The Hall–Kier alpha value is -2.47. The molecule has 3 aromatic rings. The van der Waals surface area contributed by atoms with Crippen LogP contribution in [0.4, 0.5) is 17.5 Å². The quantitative estimate of drug-likeness (QED) is 0.690. The minimum Gasteiger partial charge on any atom is -0.362 e. The van der Waals surface area contributed by atoms with E-state index in [1.54, 1.807) is 6.20 Å². The van der Waals surface area contributed by atoms with Crippen molar-refractivity contribution in [1.82, 2.24) is 15.2 Å². The molecule has 0 aliphatic carbocycles. The molecule has 0 radical (unpaired) electrons. The van der Waals surface area contributed by atoms with Gasteiger partial charge < -0.3 is 10.6 Å². The Morgan fingerprint density at radius 1 is 1.04 bits per heavy atom. The van der Waals surface area contributed by atoms with Gasteiger partial charge in [0.15, 0.2) is 5.82 Å². The van der Waals surface area contributed by atoms with Crippen molar-refractivity contribution in [2.75, 3.05) is 10.6 Å². The van der Waals surface area contributed by atoms with Crippen LogP contribution in [0, 0.1) is 0 Å². The predicted molar refractivity (Wildman–Crippen MR) is 95.7 cm³/mol. The van der Waals surface area contributed by atoms with Gasteiger partial charge in [-0.05, 0) is 30.7 Å². The van der Waals surface area contributed by atoms with E-state index in [2.05, 4.69) is 60.8 Å². The van der Waals surface area contributed by atoms with Crippen LogP contribution in [-0.4, -0.2) is 15.2 Å². The first kappa shape index (κ1) is 15.4. The highest BCUT2D eigenvalue weighted by Gasteiger charge is 2.07. The van der Waals surface area contributed by atoms with E-state index in [-0.39, 0.29) is 6.04 Å². The van der Waals surface area contributed by atoms with Crippen molar-refractivity contribution in [1.29, 1.82) is 0 Å². The molecular formula is C17H16BrN5. The summed E-state index contributed by atoms with van der Waals surface area (Å²) in [5, 5.41) is 14.5. The largest absolute Gasteiger partial charge is 0.362 e. The highest BCUT2D eigenvalue weighted by Crippen LogP contribution is 2.20. The average molecular weight is 370 g/mol. The molecule has 0 saturated heterocycles. The fraction of sp³-hybridized carbons (Fsp3) is 0.118. The van der Waals surface area contributed by atoms with Crippen molar-refractivity contribution < 1.29 is 0 Å². The Morgan fingerprint density at radius 3 is 2.65 bits per heavy atom. The van der Waals surface area contributed by atoms with Crippen LogP contribution < -0.4 is 10.6 Å². The fourth-order valence-electron chi connectivity index (χ4n) is 2.17. The summed E-state index contributed by atoms with van der Waals surface area (Å²) in [7, 11) is 0. The molecule has 1 aromatic heterocycles. The zero-order valence-corrected chi connectivity index (χ0v) is 14.2. The Morgan fingerprint density at radius 2 is 1.87 bits per heavy atom. The summed E-state index contributed by atoms with van der Waals surface area (Å²) in [6.07, 6.45) is 1.62. The molecule has 0 spiro atoms. The van der Waals surface area contributed by atoms with Crippen molar-refractivity contribution in [3.63, 3.8) is 0 Å². The van der Waals surface area contributed by atoms with Gasteiger partial charge in [-0.3, -0.25) is 0 Å². The van der Waals surface area contributed by atoms with E-state index >= 15 is 0 Å². The molecule has 1 heterocycles. The molecule has 0 bridgehead atoms. The van der Waals surface area contributed by atoms with Crippen molar-refractivity contribution in [3.05, 3.63) is 70.8 Å². The number of hydrogen-bond donors (Lipinski definition) is 2. The molecule has 0 amide bonds. The highest BCUT2D eigenvalue weighted by molar-refractivity contribution is 9.10. The van der Waals surface area contributed by atoms with Crippen molar-refractivity contribution in [2.24, 2.45) is 0 Å². The van der Waals surface area contributed by atoms with E-state index < -0.39 is 0 Å². The second kappa shape index (κ2) is 7.19. The number of hydrogen-bond acceptors (Lipinski definition) is 5. The first-order chi connectivity index (χ1) is 11.2. The van der Waals surface area contributed by atoms with Gasteiger partial charge in [0.1, 0.15) is 0 Å². The van der Waals surface area contributed by atoms with Crippen LogP contribution >= 0.6 is 15.9 Å². The van der Waals surface area contributed by atoms with Crippen LogP contribution in [0.15, 0.2) is 65.3 Å². The van der Waals surface area contributed by atoms with E-state index in [0.717, 1.165) is 10.2 Å². The van der Waals surface area contributed by atoms with Crippen molar-refractivity contribution >= 4 is 33.4 Å². The topological polar surface area (TPSA) is 62.7 Å². The number of aromatic nitrogens is 3. The SMILES string of the molecule is CC(Nc1cnnc(Nc2cccc(Br)c2)n1)c1ccccc1. The van der Waals surface area contributed by atoms with Gasteiger partial charge in [0, 0.05) is 16.2 Å². The number of anilines is 3. The molecule has 0 fully saturated rings. The van der Waals surface area contributed by atoms with Crippen LogP contribution in [0.5, 0.6) is 0 Å². The van der Waals surface area contributed by atoms with Gasteiger partial charge in [-0.15, -0.1) is 5.10 Å². The molecule has 1 atom stereocenters. The van der Waals surface area contributed by atoms with Gasteiger partial charge >= 0.3 is 0 Å². The first-order valence-electron chi connectivity index (χ1n) is 7.24. The van der Waals surface area contributed by atoms with Gasteiger partial charge in [0.25, 0.3) is 0 Å². The van der Waals surface area contributed by atoms with E-state index in [1.165, 1.54) is 5.56 Å². The van der Waals surface area contributed by atoms with Gasteiger partial charge in [-0.25, -0.2) is 0 Å². The molecule has 0 aliphatic heterocycles. The number of benzene rings is 2.